The van der Waals surface area contributed by atoms with Crippen molar-refractivity contribution >= 4 is 27.0 Å². The summed E-state index contributed by atoms with van der Waals surface area (Å²) in [7, 11) is -3.76. The van der Waals surface area contributed by atoms with Crippen molar-refractivity contribution in [1.82, 2.24) is 18.3 Å². The van der Waals surface area contributed by atoms with Gasteiger partial charge in [0.05, 0.1) is 15.9 Å². The number of halogens is 1. The van der Waals surface area contributed by atoms with Crippen LogP contribution in [-0.4, -0.2) is 58.8 Å². The average Bonchev–Trinajstić information content (AvgIpc) is 3.06. The van der Waals surface area contributed by atoms with Crippen molar-refractivity contribution in [3.63, 3.8) is 0 Å². The summed E-state index contributed by atoms with van der Waals surface area (Å²) < 4.78 is 43.1. The zero-order valence-corrected chi connectivity index (χ0v) is 18.6. The number of piperazine rings is 1. The van der Waals surface area contributed by atoms with Crippen molar-refractivity contribution in [2.45, 2.75) is 31.3 Å². The van der Waals surface area contributed by atoms with Gasteiger partial charge in [0.25, 0.3) is 0 Å². The first-order valence-corrected chi connectivity index (χ1v) is 12.0. The fourth-order valence-electron chi connectivity index (χ4n) is 4.03. The lowest BCUT2D eigenvalue weighted by Gasteiger charge is -2.34. The van der Waals surface area contributed by atoms with Crippen molar-refractivity contribution in [3.8, 4) is 0 Å². The minimum Gasteiger partial charge on any atom is -0.338 e. The van der Waals surface area contributed by atoms with Gasteiger partial charge in [0.15, 0.2) is 0 Å². The second-order valence-electron chi connectivity index (χ2n) is 7.75. The lowest BCUT2D eigenvalue weighted by molar-refractivity contribution is -0.133. The first-order chi connectivity index (χ1) is 15.3. The van der Waals surface area contributed by atoms with E-state index >= 15 is 0 Å². The molecule has 2 aromatic carbocycles. The molecule has 0 spiro atoms. The highest BCUT2D eigenvalue weighted by Gasteiger charge is 2.30. The molecule has 3 aromatic rings. The Morgan fingerprint density at radius 2 is 1.53 bits per heavy atom. The number of carbonyl (C=O) groups excluding carboxylic acids is 1. The molecule has 0 bridgehead atoms. The van der Waals surface area contributed by atoms with E-state index in [1.807, 2.05) is 31.2 Å². The fourth-order valence-corrected chi connectivity index (χ4v) is 5.46. The number of aromatic nitrogens is 2. The molecule has 2 heterocycles. The van der Waals surface area contributed by atoms with Crippen LogP contribution >= 0.6 is 0 Å². The van der Waals surface area contributed by atoms with Gasteiger partial charge in [-0.15, -0.1) is 0 Å². The number of fused-ring (bicyclic) bond motifs is 1. The fraction of sp³-hybridized carbons (Fsp3) is 0.364. The molecule has 0 unspecified atom stereocenters. The average molecular weight is 461 g/mol. The number of hydrogen-bond donors (Lipinski definition) is 0. The van der Waals surface area contributed by atoms with Gasteiger partial charge in [-0.1, -0.05) is 19.1 Å². The Hall–Kier alpha value is -2.98. The van der Waals surface area contributed by atoms with E-state index in [1.165, 1.54) is 21.0 Å². The zero-order valence-electron chi connectivity index (χ0n) is 17.8. The SMILES string of the molecule is CCCn1c(=O)n(CC(=O)N2CCN(S(=O)(=O)c3ccc(F)cc3)CC2)c2ccccc21. The molecule has 0 N–H and O–H groups in total. The number of para-hydroxylation sites is 2. The van der Waals surface area contributed by atoms with Crippen LogP contribution in [-0.2, 0) is 27.9 Å². The molecule has 0 radical (unpaired) electrons. The van der Waals surface area contributed by atoms with E-state index in [9.17, 15) is 22.4 Å². The van der Waals surface area contributed by atoms with Gasteiger partial charge in [0, 0.05) is 32.7 Å². The number of carbonyl (C=O) groups is 1. The highest BCUT2D eigenvalue weighted by molar-refractivity contribution is 7.89. The van der Waals surface area contributed by atoms with E-state index in [1.54, 1.807) is 9.47 Å². The van der Waals surface area contributed by atoms with Gasteiger partial charge in [-0.3, -0.25) is 13.9 Å². The van der Waals surface area contributed by atoms with Gasteiger partial charge in [-0.25, -0.2) is 17.6 Å². The summed E-state index contributed by atoms with van der Waals surface area (Å²) in [6, 6.07) is 12.1. The molecule has 4 rings (SSSR count). The maximum Gasteiger partial charge on any atom is 0.329 e. The second kappa shape index (κ2) is 8.87. The first kappa shape index (κ1) is 22.2. The first-order valence-electron chi connectivity index (χ1n) is 10.5. The van der Waals surface area contributed by atoms with Gasteiger partial charge in [0.2, 0.25) is 15.9 Å². The third kappa shape index (κ3) is 4.07. The maximum atomic E-state index is 13.1. The topological polar surface area (TPSA) is 84.6 Å². The van der Waals surface area contributed by atoms with Crippen LogP contribution in [0.25, 0.3) is 11.0 Å². The van der Waals surface area contributed by atoms with Crippen LogP contribution < -0.4 is 5.69 Å². The Morgan fingerprint density at radius 1 is 0.938 bits per heavy atom. The summed E-state index contributed by atoms with van der Waals surface area (Å²) in [5, 5.41) is 0. The monoisotopic (exact) mass is 460 g/mol. The molecule has 1 saturated heterocycles. The second-order valence-corrected chi connectivity index (χ2v) is 9.69. The van der Waals surface area contributed by atoms with Crippen molar-refractivity contribution in [3.05, 3.63) is 64.8 Å². The number of imidazole rings is 1. The van der Waals surface area contributed by atoms with Gasteiger partial charge in [0.1, 0.15) is 12.4 Å². The summed E-state index contributed by atoms with van der Waals surface area (Å²) in [5.74, 6) is -0.736. The molecule has 170 valence electrons. The number of nitrogens with zero attached hydrogens (tertiary/aromatic N) is 4. The van der Waals surface area contributed by atoms with Crippen LogP contribution in [0, 0.1) is 5.82 Å². The van der Waals surface area contributed by atoms with Crippen LogP contribution in [0.3, 0.4) is 0 Å². The molecule has 1 amide bonds. The summed E-state index contributed by atoms with van der Waals surface area (Å²) in [6.45, 7) is 3.18. The van der Waals surface area contributed by atoms with E-state index in [0.29, 0.717) is 12.1 Å². The normalized spacial score (nSPS) is 15.4. The minimum atomic E-state index is -3.76. The van der Waals surface area contributed by atoms with Crippen LogP contribution in [0.1, 0.15) is 13.3 Å². The van der Waals surface area contributed by atoms with Gasteiger partial charge in [-0.2, -0.15) is 4.31 Å². The standard InChI is InChI=1S/C22H25FN4O4S/c1-2-11-26-19-5-3-4-6-20(19)27(22(26)29)16-21(28)24-12-14-25(15-13-24)32(30,31)18-9-7-17(23)8-10-18/h3-10H,2,11-16H2,1H3. The van der Waals surface area contributed by atoms with Crippen LogP contribution in [0.15, 0.2) is 58.2 Å². The molecule has 1 fully saturated rings. The molecular weight excluding hydrogens is 435 g/mol. The Balaban J connectivity index is 1.47. The molecule has 8 nitrogen and oxygen atoms in total. The highest BCUT2D eigenvalue weighted by atomic mass is 32.2. The van der Waals surface area contributed by atoms with Crippen molar-refractivity contribution < 1.29 is 17.6 Å². The van der Waals surface area contributed by atoms with Gasteiger partial charge < -0.3 is 4.90 Å². The molecule has 10 heteroatoms. The van der Waals surface area contributed by atoms with Crippen molar-refractivity contribution in [1.29, 1.82) is 0 Å². The summed E-state index contributed by atoms with van der Waals surface area (Å²) in [4.78, 5) is 27.4. The smallest absolute Gasteiger partial charge is 0.329 e. The molecule has 1 aromatic heterocycles. The summed E-state index contributed by atoms with van der Waals surface area (Å²) in [6.07, 6.45) is 0.798. The quantitative estimate of drug-likeness (QED) is 0.562. The predicted octanol–water partition coefficient (Wildman–Crippen LogP) is 1.89. The molecule has 0 saturated carbocycles. The van der Waals surface area contributed by atoms with Crippen LogP contribution in [0.5, 0.6) is 0 Å². The number of amides is 1. The Labute approximate surface area is 185 Å². The molecule has 1 aliphatic rings. The van der Waals surface area contributed by atoms with Crippen LogP contribution in [0.2, 0.25) is 0 Å². The van der Waals surface area contributed by atoms with Crippen molar-refractivity contribution in [2.24, 2.45) is 0 Å². The van der Waals surface area contributed by atoms with E-state index < -0.39 is 15.8 Å². The predicted molar refractivity (Wildman–Crippen MR) is 118 cm³/mol. The van der Waals surface area contributed by atoms with Crippen molar-refractivity contribution in [2.75, 3.05) is 26.2 Å². The minimum absolute atomic E-state index is 0.0222. The van der Waals surface area contributed by atoms with E-state index in [2.05, 4.69) is 0 Å². The summed E-state index contributed by atoms with van der Waals surface area (Å²) in [5.41, 5.74) is 1.28. The van der Waals surface area contributed by atoms with Crippen LogP contribution in [0.4, 0.5) is 4.39 Å². The molecule has 0 atom stereocenters. The number of sulfonamides is 1. The van der Waals surface area contributed by atoms with E-state index in [-0.39, 0.29) is 49.2 Å². The summed E-state index contributed by atoms with van der Waals surface area (Å²) >= 11 is 0. The number of aryl methyl sites for hydroxylation is 1. The third-order valence-corrected chi connectivity index (χ3v) is 7.62. The lowest BCUT2D eigenvalue weighted by Crippen LogP contribution is -2.51. The zero-order chi connectivity index (χ0) is 22.9. The Kier molecular flexibility index (Phi) is 6.16. The number of hydrogen-bond acceptors (Lipinski definition) is 4. The lowest BCUT2D eigenvalue weighted by atomic mass is 10.3. The Bertz CT molecular complexity index is 1290. The van der Waals surface area contributed by atoms with Gasteiger partial charge >= 0.3 is 5.69 Å². The van der Waals surface area contributed by atoms with E-state index in [4.69, 9.17) is 0 Å². The highest BCUT2D eigenvalue weighted by Crippen LogP contribution is 2.19. The largest absolute Gasteiger partial charge is 0.338 e. The molecule has 0 aliphatic carbocycles. The van der Waals surface area contributed by atoms with Gasteiger partial charge in [-0.05, 0) is 42.8 Å². The van der Waals surface area contributed by atoms with E-state index in [0.717, 1.165) is 24.1 Å². The molecular formula is C22H25FN4O4S. The molecule has 1 aliphatic heterocycles. The number of rotatable bonds is 6. The number of benzene rings is 2. The molecule has 32 heavy (non-hydrogen) atoms. The third-order valence-electron chi connectivity index (χ3n) is 5.71. The maximum absolute atomic E-state index is 13.1. The Morgan fingerprint density at radius 3 is 2.12 bits per heavy atom.